The molecule has 3 rings (SSSR count). The Morgan fingerprint density at radius 2 is 1.80 bits per heavy atom. The van der Waals surface area contributed by atoms with Gasteiger partial charge in [0.15, 0.2) is 0 Å². The Labute approximate surface area is 183 Å². The Bertz CT molecular complexity index is 988. The molecule has 1 aliphatic heterocycles. The van der Waals surface area contributed by atoms with Gasteiger partial charge in [-0.25, -0.2) is 8.42 Å². The topological polar surface area (TPSA) is 75.7 Å². The van der Waals surface area contributed by atoms with E-state index in [2.05, 4.69) is 5.32 Å². The summed E-state index contributed by atoms with van der Waals surface area (Å²) >= 11 is 6.08. The second-order valence-corrected chi connectivity index (χ2v) is 9.99. The van der Waals surface area contributed by atoms with Gasteiger partial charge in [0, 0.05) is 30.8 Å². The van der Waals surface area contributed by atoms with Crippen LogP contribution in [0.4, 0.5) is 0 Å². The summed E-state index contributed by atoms with van der Waals surface area (Å²) in [5.41, 5.74) is 0.482. The van der Waals surface area contributed by atoms with Crippen molar-refractivity contribution in [3.8, 4) is 0 Å². The number of carbonyl (C=O) groups excluding carboxylic acids is 1. The highest BCUT2D eigenvalue weighted by Gasteiger charge is 2.28. The van der Waals surface area contributed by atoms with Crippen LogP contribution < -0.4 is 5.32 Å². The first-order valence-electron chi connectivity index (χ1n) is 9.96. The molecule has 1 N–H and O–H groups in total. The van der Waals surface area contributed by atoms with Gasteiger partial charge < -0.3 is 10.1 Å². The minimum atomic E-state index is -3.51. The number of amides is 1. The van der Waals surface area contributed by atoms with E-state index >= 15 is 0 Å². The zero-order chi connectivity index (χ0) is 21.8. The Balaban J connectivity index is 1.68. The first-order valence-corrected chi connectivity index (χ1v) is 11.8. The quantitative estimate of drug-likeness (QED) is 0.696. The molecule has 8 heteroatoms. The monoisotopic (exact) mass is 450 g/mol. The lowest BCUT2D eigenvalue weighted by atomic mass is 9.95. The first kappa shape index (κ1) is 22.7. The number of ether oxygens (including phenoxy) is 1. The number of sulfonamides is 1. The van der Waals surface area contributed by atoms with Crippen molar-refractivity contribution >= 4 is 27.5 Å². The fraction of sp³-hybridized carbons (Fsp3) is 0.409. The molecule has 2 aromatic rings. The number of halogens is 1. The summed E-state index contributed by atoms with van der Waals surface area (Å²) in [5.74, 6) is -0.303. The van der Waals surface area contributed by atoms with Crippen LogP contribution in [0.2, 0.25) is 5.02 Å². The summed E-state index contributed by atoms with van der Waals surface area (Å²) in [4.78, 5) is 12.8. The van der Waals surface area contributed by atoms with Crippen molar-refractivity contribution in [2.75, 3.05) is 26.7 Å². The number of hydrogen-bond acceptors (Lipinski definition) is 4. The number of piperidine rings is 1. The zero-order valence-electron chi connectivity index (χ0n) is 17.2. The van der Waals surface area contributed by atoms with Gasteiger partial charge in [0.25, 0.3) is 5.91 Å². The highest BCUT2D eigenvalue weighted by Crippen LogP contribution is 2.26. The zero-order valence-corrected chi connectivity index (χ0v) is 18.8. The molecular formula is C22H27ClN2O4S. The number of benzene rings is 2. The maximum atomic E-state index is 12.7. The second kappa shape index (κ2) is 9.47. The minimum absolute atomic E-state index is 0.210. The van der Waals surface area contributed by atoms with Gasteiger partial charge in [-0.3, -0.25) is 4.79 Å². The van der Waals surface area contributed by atoms with Gasteiger partial charge in [0.05, 0.1) is 11.4 Å². The fourth-order valence-electron chi connectivity index (χ4n) is 3.49. The third-order valence-corrected chi connectivity index (χ3v) is 7.69. The van der Waals surface area contributed by atoms with Gasteiger partial charge in [0.1, 0.15) is 5.60 Å². The number of methoxy groups -OCH3 is 1. The summed E-state index contributed by atoms with van der Waals surface area (Å²) in [6, 6.07) is 13.4. The maximum Gasteiger partial charge on any atom is 0.251 e. The van der Waals surface area contributed by atoms with Gasteiger partial charge in [-0.15, -0.1) is 0 Å². The van der Waals surface area contributed by atoms with Crippen molar-refractivity contribution in [2.45, 2.75) is 36.7 Å². The normalized spacial score (nSPS) is 17.3. The van der Waals surface area contributed by atoms with Gasteiger partial charge in [-0.1, -0.05) is 30.2 Å². The first-order chi connectivity index (χ1) is 14.3. The Kier molecular flexibility index (Phi) is 7.18. The number of nitrogens with zero attached hydrogens (tertiary/aromatic N) is 1. The van der Waals surface area contributed by atoms with Crippen LogP contribution in [0, 0.1) is 0 Å². The molecule has 1 amide bonds. The molecule has 6 nitrogen and oxygen atoms in total. The SMILES string of the molecule is COC(C)(CNC(=O)c1ccc(S(=O)(=O)N2CCCCC2)cc1)c1cccc(Cl)c1. The summed E-state index contributed by atoms with van der Waals surface area (Å²) < 4.78 is 32.6. The summed E-state index contributed by atoms with van der Waals surface area (Å²) in [5, 5.41) is 3.45. The molecule has 1 atom stereocenters. The maximum absolute atomic E-state index is 12.7. The lowest BCUT2D eigenvalue weighted by molar-refractivity contribution is 0.00315. The summed E-state index contributed by atoms with van der Waals surface area (Å²) in [6.07, 6.45) is 2.82. The molecule has 0 radical (unpaired) electrons. The molecule has 0 aromatic heterocycles. The van der Waals surface area contributed by atoms with Gasteiger partial charge >= 0.3 is 0 Å². The molecule has 0 bridgehead atoms. The smallest absolute Gasteiger partial charge is 0.251 e. The van der Waals surface area contributed by atoms with Crippen LogP contribution in [0.25, 0.3) is 0 Å². The standard InChI is InChI=1S/C22H27ClN2O4S/c1-22(29-2,18-7-6-8-19(23)15-18)16-24-21(26)17-9-11-20(12-10-17)30(27,28)25-13-4-3-5-14-25/h6-12,15H,3-5,13-14,16H2,1-2H3,(H,24,26). The molecule has 1 fully saturated rings. The molecule has 1 aliphatic rings. The van der Waals surface area contributed by atoms with Crippen LogP contribution in [-0.2, 0) is 20.4 Å². The van der Waals surface area contributed by atoms with E-state index in [4.69, 9.17) is 16.3 Å². The molecule has 1 unspecified atom stereocenters. The van der Waals surface area contributed by atoms with Crippen molar-refractivity contribution in [1.82, 2.24) is 9.62 Å². The van der Waals surface area contributed by atoms with E-state index in [1.165, 1.54) is 28.6 Å². The molecule has 30 heavy (non-hydrogen) atoms. The van der Waals surface area contributed by atoms with Crippen LogP contribution in [0.3, 0.4) is 0 Å². The number of nitrogens with one attached hydrogen (secondary N) is 1. The highest BCUT2D eigenvalue weighted by atomic mass is 35.5. The largest absolute Gasteiger partial charge is 0.372 e. The molecular weight excluding hydrogens is 424 g/mol. The average molecular weight is 451 g/mol. The molecule has 2 aromatic carbocycles. The Hall–Kier alpha value is -1.93. The van der Waals surface area contributed by atoms with E-state index < -0.39 is 15.6 Å². The van der Waals surface area contributed by atoms with Crippen LogP contribution in [0.1, 0.15) is 42.1 Å². The van der Waals surface area contributed by atoms with Crippen LogP contribution >= 0.6 is 11.6 Å². The van der Waals surface area contributed by atoms with Gasteiger partial charge in [-0.05, 0) is 61.7 Å². The molecule has 0 spiro atoms. The highest BCUT2D eigenvalue weighted by molar-refractivity contribution is 7.89. The van der Waals surface area contributed by atoms with E-state index in [-0.39, 0.29) is 17.3 Å². The van der Waals surface area contributed by atoms with Crippen LogP contribution in [0.15, 0.2) is 53.4 Å². The lowest BCUT2D eigenvalue weighted by Gasteiger charge is -2.29. The third-order valence-electron chi connectivity index (χ3n) is 5.54. The molecule has 0 aliphatic carbocycles. The van der Waals surface area contributed by atoms with Crippen molar-refractivity contribution in [1.29, 1.82) is 0 Å². The predicted molar refractivity (Wildman–Crippen MR) is 117 cm³/mol. The van der Waals surface area contributed by atoms with E-state index in [0.717, 1.165) is 24.8 Å². The van der Waals surface area contributed by atoms with Crippen molar-refractivity contribution < 1.29 is 17.9 Å². The number of rotatable bonds is 7. The third kappa shape index (κ3) is 5.03. The minimum Gasteiger partial charge on any atom is -0.372 e. The number of hydrogen-bond donors (Lipinski definition) is 1. The van der Waals surface area contributed by atoms with Gasteiger partial charge in [0.2, 0.25) is 10.0 Å². The average Bonchev–Trinajstić information content (AvgIpc) is 2.78. The Morgan fingerprint density at radius 1 is 1.13 bits per heavy atom. The summed E-state index contributed by atoms with van der Waals surface area (Å²) in [7, 11) is -1.94. The van der Waals surface area contributed by atoms with E-state index in [1.54, 1.807) is 19.2 Å². The summed E-state index contributed by atoms with van der Waals surface area (Å²) in [6.45, 7) is 3.19. The molecule has 1 saturated heterocycles. The molecule has 1 heterocycles. The molecule has 162 valence electrons. The van der Waals surface area contributed by atoms with Crippen molar-refractivity contribution in [2.24, 2.45) is 0 Å². The van der Waals surface area contributed by atoms with E-state index in [1.807, 2.05) is 19.1 Å². The van der Waals surface area contributed by atoms with Gasteiger partial charge in [-0.2, -0.15) is 4.31 Å². The second-order valence-electron chi connectivity index (χ2n) is 7.62. The predicted octanol–water partition coefficient (Wildman–Crippen LogP) is 3.81. The number of carbonyl (C=O) groups is 1. The van der Waals surface area contributed by atoms with E-state index in [9.17, 15) is 13.2 Å². The Morgan fingerprint density at radius 3 is 2.40 bits per heavy atom. The van der Waals surface area contributed by atoms with Crippen molar-refractivity contribution in [3.63, 3.8) is 0 Å². The van der Waals surface area contributed by atoms with Crippen molar-refractivity contribution in [3.05, 3.63) is 64.7 Å². The van der Waals surface area contributed by atoms with Crippen LogP contribution in [-0.4, -0.2) is 45.4 Å². The van der Waals surface area contributed by atoms with E-state index in [0.29, 0.717) is 23.7 Å². The lowest BCUT2D eigenvalue weighted by Crippen LogP contribution is -2.40. The van der Waals surface area contributed by atoms with Crippen LogP contribution in [0.5, 0.6) is 0 Å². The fourth-order valence-corrected chi connectivity index (χ4v) is 5.20. The molecule has 0 saturated carbocycles.